The molecule has 0 fully saturated rings. The summed E-state index contributed by atoms with van der Waals surface area (Å²) in [6, 6.07) is 9.74. The van der Waals surface area contributed by atoms with Gasteiger partial charge in [0.2, 0.25) is 0 Å². The Labute approximate surface area is 196 Å². The zero-order chi connectivity index (χ0) is 24.7. The van der Waals surface area contributed by atoms with Crippen LogP contribution in [0.1, 0.15) is 13.0 Å². The van der Waals surface area contributed by atoms with Gasteiger partial charge in [0.15, 0.2) is 0 Å². The van der Waals surface area contributed by atoms with Crippen LogP contribution in [0, 0.1) is 0 Å². The molecule has 0 atom stereocenters. The molecule has 34 heavy (non-hydrogen) atoms. The summed E-state index contributed by atoms with van der Waals surface area (Å²) in [4.78, 5) is 53.7. The number of aromatic amines is 1. The number of nitrogens with two attached hydrogens (primary N) is 1. The molecule has 0 aliphatic rings. The smallest absolute Gasteiger partial charge is 0.332 e. The number of aliphatic imine (C=N–C) groups is 1. The lowest BCUT2D eigenvalue weighted by Crippen LogP contribution is -2.38. The summed E-state index contributed by atoms with van der Waals surface area (Å²) in [6.45, 7) is 0.202. The molecule has 12 heteroatoms. The topological polar surface area (TPSA) is 150 Å². The first-order chi connectivity index (χ1) is 15.5. The summed E-state index contributed by atoms with van der Waals surface area (Å²) >= 11 is 0. The number of nitrogens with one attached hydrogen (secondary N) is 1. The molecule has 184 valence electrons. The van der Waals surface area contributed by atoms with E-state index in [2.05, 4.69) is 9.98 Å². The average molecular weight is 474 g/mol. The second-order valence-corrected chi connectivity index (χ2v) is 7.25. The van der Waals surface area contributed by atoms with Gasteiger partial charge in [-0.2, -0.15) is 0 Å². The number of aromatic nitrogens is 4. The van der Waals surface area contributed by atoms with Crippen molar-refractivity contribution < 1.29 is 4.74 Å². The molecule has 0 bridgehead atoms. The van der Waals surface area contributed by atoms with Crippen LogP contribution < -0.4 is 33.0 Å². The molecular weight excluding hydrogens is 442 g/mol. The Morgan fingerprint density at radius 2 is 1.68 bits per heavy atom. The number of nitrogen functional groups attached to an aromatic ring is 1. The van der Waals surface area contributed by atoms with E-state index < -0.39 is 16.9 Å². The molecule has 0 aliphatic carbocycles. The zero-order valence-corrected chi connectivity index (χ0v) is 19.1. The molecule has 12 nitrogen and oxygen atoms in total. The molecule has 0 saturated heterocycles. The van der Waals surface area contributed by atoms with Crippen molar-refractivity contribution in [3.05, 3.63) is 83.6 Å². The van der Waals surface area contributed by atoms with E-state index in [1.54, 1.807) is 37.5 Å². The molecule has 0 aliphatic heterocycles. The maximum absolute atomic E-state index is 12.4. The first-order valence-electron chi connectivity index (χ1n) is 9.73. The monoisotopic (exact) mass is 473 g/mol. The quantitative estimate of drug-likeness (QED) is 0.395. The first-order valence-corrected chi connectivity index (χ1v) is 9.73. The number of H-pyrrole nitrogens is 1. The van der Waals surface area contributed by atoms with Crippen molar-refractivity contribution in [2.24, 2.45) is 19.1 Å². The average Bonchev–Trinajstić information content (AvgIpc) is 2.77. The molecule has 0 radical (unpaired) electrons. The van der Waals surface area contributed by atoms with Crippen molar-refractivity contribution in [2.45, 2.75) is 14.0 Å². The van der Waals surface area contributed by atoms with Crippen LogP contribution in [0.25, 0.3) is 0 Å². The van der Waals surface area contributed by atoms with E-state index in [1.807, 2.05) is 26.2 Å². The lowest BCUT2D eigenvalue weighted by Gasteiger charge is -2.10. The van der Waals surface area contributed by atoms with Crippen molar-refractivity contribution in [1.29, 1.82) is 0 Å². The summed E-state index contributed by atoms with van der Waals surface area (Å²) in [7, 11) is 8.28. The number of benzene rings is 1. The Kier molecular flexibility index (Phi) is 9.80. The molecule has 2 aromatic heterocycles. The summed E-state index contributed by atoms with van der Waals surface area (Å²) in [5.41, 5.74) is 4.36. The minimum absolute atomic E-state index is 0. The number of hydrogen-bond acceptors (Lipinski definition) is 7. The van der Waals surface area contributed by atoms with Crippen molar-refractivity contribution in [2.75, 3.05) is 26.9 Å². The van der Waals surface area contributed by atoms with Crippen LogP contribution in [0.2, 0.25) is 0 Å². The summed E-state index contributed by atoms with van der Waals surface area (Å²) < 4.78 is 8.78. The van der Waals surface area contributed by atoms with Gasteiger partial charge in [0.05, 0.1) is 20.0 Å². The molecule has 0 unspecified atom stereocenters. The number of rotatable bonds is 5. The summed E-state index contributed by atoms with van der Waals surface area (Å²) in [6.07, 6.45) is 1.54. The van der Waals surface area contributed by atoms with Crippen LogP contribution in [0.5, 0.6) is 5.75 Å². The molecule has 1 aromatic carbocycles. The summed E-state index contributed by atoms with van der Waals surface area (Å²) in [5.74, 6) is 1.20. The SMILES string of the molecule is C.COc1ccc(Cn2c(=O)cc(N=CN(C)C)n(C)c2=O)cc1.Cn1c(N)cc(=O)[nH]c1=O. The van der Waals surface area contributed by atoms with E-state index in [0.717, 1.165) is 21.9 Å². The van der Waals surface area contributed by atoms with Crippen LogP contribution in [0.3, 0.4) is 0 Å². The lowest BCUT2D eigenvalue weighted by molar-refractivity contribution is 0.414. The third-order valence-corrected chi connectivity index (χ3v) is 4.50. The third-order valence-electron chi connectivity index (χ3n) is 4.50. The summed E-state index contributed by atoms with van der Waals surface area (Å²) in [5, 5.41) is 0. The Balaban J connectivity index is 0.000000442. The van der Waals surface area contributed by atoms with Crippen LogP contribution in [-0.2, 0) is 20.6 Å². The van der Waals surface area contributed by atoms with E-state index in [4.69, 9.17) is 10.5 Å². The highest BCUT2D eigenvalue weighted by molar-refractivity contribution is 5.58. The van der Waals surface area contributed by atoms with Gasteiger partial charge >= 0.3 is 11.4 Å². The zero-order valence-electron chi connectivity index (χ0n) is 19.1. The van der Waals surface area contributed by atoms with Crippen LogP contribution >= 0.6 is 0 Å². The molecule has 2 heterocycles. The second kappa shape index (κ2) is 12.0. The normalized spacial score (nSPS) is 10.3. The van der Waals surface area contributed by atoms with E-state index in [1.165, 1.54) is 22.2 Å². The highest BCUT2D eigenvalue weighted by Crippen LogP contribution is 2.11. The Morgan fingerprint density at radius 1 is 1.06 bits per heavy atom. The van der Waals surface area contributed by atoms with Gasteiger partial charge < -0.3 is 15.4 Å². The molecular formula is C22H31N7O5. The highest BCUT2D eigenvalue weighted by atomic mass is 16.5. The number of ether oxygens (including phenoxy) is 1. The highest BCUT2D eigenvalue weighted by Gasteiger charge is 2.09. The van der Waals surface area contributed by atoms with Gasteiger partial charge in [-0.15, -0.1) is 0 Å². The van der Waals surface area contributed by atoms with Gasteiger partial charge in [-0.3, -0.25) is 28.3 Å². The molecule has 0 saturated carbocycles. The standard InChI is InChI=1S/C16H20N4O3.C5H7N3O2.CH4/c1-18(2)11-17-14-9-15(21)20(16(22)19(14)3)10-12-5-7-13(23-4)8-6-12;1-8-3(6)2-4(9)7-5(8)10;/h5-9,11H,10H2,1-4H3;2H,6H2,1H3,(H,7,9,10);1H4. The maximum Gasteiger partial charge on any atom is 0.332 e. The number of nitrogens with zero attached hydrogens (tertiary/aromatic N) is 5. The fourth-order valence-corrected chi connectivity index (χ4v) is 2.59. The first kappa shape index (κ1) is 27.7. The minimum Gasteiger partial charge on any atom is -0.497 e. The van der Waals surface area contributed by atoms with Gasteiger partial charge in [0, 0.05) is 40.3 Å². The minimum atomic E-state index is -0.495. The van der Waals surface area contributed by atoms with E-state index in [-0.39, 0.29) is 25.3 Å². The number of methoxy groups -OCH3 is 1. The molecule has 3 rings (SSSR count). The number of anilines is 1. The number of hydrogen-bond donors (Lipinski definition) is 2. The molecule has 3 N–H and O–H groups in total. The van der Waals surface area contributed by atoms with Crippen molar-refractivity contribution >= 4 is 18.0 Å². The van der Waals surface area contributed by atoms with Gasteiger partial charge in [-0.05, 0) is 17.7 Å². The van der Waals surface area contributed by atoms with Crippen molar-refractivity contribution in [3.63, 3.8) is 0 Å². The predicted molar refractivity (Wildman–Crippen MR) is 133 cm³/mol. The van der Waals surface area contributed by atoms with Crippen LogP contribution in [0.4, 0.5) is 11.6 Å². The van der Waals surface area contributed by atoms with Gasteiger partial charge in [0.25, 0.3) is 11.1 Å². The van der Waals surface area contributed by atoms with Crippen LogP contribution in [-0.4, -0.2) is 51.1 Å². The van der Waals surface area contributed by atoms with Crippen LogP contribution in [0.15, 0.2) is 60.6 Å². The maximum atomic E-state index is 12.4. The Morgan fingerprint density at radius 3 is 2.21 bits per heavy atom. The van der Waals surface area contributed by atoms with E-state index in [0.29, 0.717) is 5.82 Å². The largest absolute Gasteiger partial charge is 0.497 e. The Bertz CT molecular complexity index is 1360. The van der Waals surface area contributed by atoms with Crippen molar-refractivity contribution in [1.82, 2.24) is 23.6 Å². The van der Waals surface area contributed by atoms with Crippen molar-refractivity contribution in [3.8, 4) is 5.75 Å². The lowest BCUT2D eigenvalue weighted by atomic mass is 10.2. The van der Waals surface area contributed by atoms with E-state index in [9.17, 15) is 19.2 Å². The fraction of sp³-hybridized carbons (Fsp3) is 0.318. The van der Waals surface area contributed by atoms with Gasteiger partial charge in [-0.25, -0.2) is 14.6 Å². The molecule has 3 aromatic rings. The third kappa shape index (κ3) is 7.08. The Hall–Kier alpha value is -4.35. The molecule has 0 amide bonds. The predicted octanol–water partition coefficient (Wildman–Crippen LogP) is 0.117. The van der Waals surface area contributed by atoms with Gasteiger partial charge in [-0.1, -0.05) is 19.6 Å². The van der Waals surface area contributed by atoms with Gasteiger partial charge in [0.1, 0.15) is 17.4 Å². The fourth-order valence-electron chi connectivity index (χ4n) is 2.59. The van der Waals surface area contributed by atoms with E-state index >= 15 is 0 Å². The second-order valence-electron chi connectivity index (χ2n) is 7.25. The molecule has 0 spiro atoms.